The Morgan fingerprint density at radius 3 is 2.92 bits per heavy atom. The van der Waals surface area contributed by atoms with Crippen molar-refractivity contribution in [3.8, 4) is 0 Å². The normalized spacial score (nSPS) is 25.6. The van der Waals surface area contributed by atoms with E-state index < -0.39 is 5.97 Å². The maximum absolute atomic E-state index is 10.6. The van der Waals surface area contributed by atoms with Crippen LogP contribution in [-0.2, 0) is 4.79 Å². The van der Waals surface area contributed by atoms with Crippen molar-refractivity contribution in [1.29, 1.82) is 0 Å². The minimum atomic E-state index is -0.688. The Kier molecular flexibility index (Phi) is 1.79. The molecule has 0 bridgehead atoms. The van der Waals surface area contributed by atoms with Gasteiger partial charge >= 0.3 is 5.97 Å². The highest BCUT2D eigenvalue weighted by molar-refractivity contribution is 5.75. The van der Waals surface area contributed by atoms with Crippen molar-refractivity contribution < 1.29 is 9.90 Å². The zero-order valence-electron chi connectivity index (χ0n) is 7.40. The van der Waals surface area contributed by atoms with E-state index in [1.807, 2.05) is 13.0 Å². The molecule has 0 aromatic carbocycles. The second-order valence-corrected chi connectivity index (χ2v) is 3.58. The molecule has 1 aromatic rings. The van der Waals surface area contributed by atoms with Gasteiger partial charge in [-0.2, -0.15) is 0 Å². The maximum Gasteiger partial charge on any atom is 0.307 e. The lowest BCUT2D eigenvalue weighted by Gasteiger charge is -1.98. The summed E-state index contributed by atoms with van der Waals surface area (Å²) in [5, 5.41) is 8.73. The van der Waals surface area contributed by atoms with Crippen molar-refractivity contribution in [2.75, 3.05) is 0 Å². The second kappa shape index (κ2) is 2.83. The molecule has 3 nitrogen and oxygen atoms in total. The summed E-state index contributed by atoms with van der Waals surface area (Å²) in [6.07, 6.45) is 4.31. The van der Waals surface area contributed by atoms with Gasteiger partial charge in [-0.25, -0.2) is 0 Å². The molecule has 1 aliphatic carbocycles. The number of nitrogens with zero attached hydrogens (tertiary/aromatic N) is 1. The Morgan fingerprint density at radius 2 is 2.38 bits per heavy atom. The quantitative estimate of drug-likeness (QED) is 0.746. The van der Waals surface area contributed by atoms with Crippen molar-refractivity contribution in [2.45, 2.75) is 19.3 Å². The summed E-state index contributed by atoms with van der Waals surface area (Å²) in [6, 6.07) is 2.01. The Morgan fingerprint density at radius 1 is 1.62 bits per heavy atom. The first-order chi connectivity index (χ1) is 6.18. The molecule has 1 aliphatic rings. The minimum Gasteiger partial charge on any atom is -0.481 e. The van der Waals surface area contributed by atoms with E-state index in [0.29, 0.717) is 0 Å². The highest BCUT2D eigenvalue weighted by Crippen LogP contribution is 2.47. The lowest BCUT2D eigenvalue weighted by Crippen LogP contribution is -1.99. The van der Waals surface area contributed by atoms with Gasteiger partial charge in [0.15, 0.2) is 0 Å². The third kappa shape index (κ3) is 1.54. The summed E-state index contributed by atoms with van der Waals surface area (Å²) >= 11 is 0. The third-order valence-corrected chi connectivity index (χ3v) is 2.43. The Hall–Kier alpha value is -1.38. The zero-order chi connectivity index (χ0) is 9.42. The van der Waals surface area contributed by atoms with Crippen molar-refractivity contribution >= 4 is 5.97 Å². The van der Waals surface area contributed by atoms with Crippen molar-refractivity contribution in [3.63, 3.8) is 0 Å². The summed E-state index contributed by atoms with van der Waals surface area (Å²) in [5.74, 6) is -0.667. The highest BCUT2D eigenvalue weighted by atomic mass is 16.4. The molecule has 1 saturated carbocycles. The van der Waals surface area contributed by atoms with Crippen LogP contribution >= 0.6 is 0 Å². The fourth-order valence-electron chi connectivity index (χ4n) is 1.62. The molecular formula is C10H11NO2. The Labute approximate surface area is 76.4 Å². The van der Waals surface area contributed by atoms with Gasteiger partial charge in [0.25, 0.3) is 0 Å². The van der Waals surface area contributed by atoms with Crippen LogP contribution in [0.5, 0.6) is 0 Å². The number of hydrogen-bond acceptors (Lipinski definition) is 2. The van der Waals surface area contributed by atoms with E-state index in [1.165, 1.54) is 0 Å². The lowest BCUT2D eigenvalue weighted by molar-refractivity contribution is -0.138. The molecule has 1 aromatic heterocycles. The molecule has 0 amide bonds. The molecule has 1 heterocycles. The number of aliphatic carboxylic acids is 1. The van der Waals surface area contributed by atoms with Crippen LogP contribution in [0.4, 0.5) is 0 Å². The average Bonchev–Trinajstić information content (AvgIpc) is 2.82. The number of carbonyl (C=O) groups is 1. The van der Waals surface area contributed by atoms with Crippen LogP contribution < -0.4 is 0 Å². The average molecular weight is 177 g/mol. The minimum absolute atomic E-state index is 0.177. The number of aromatic nitrogens is 1. The van der Waals surface area contributed by atoms with E-state index in [4.69, 9.17) is 5.11 Å². The topological polar surface area (TPSA) is 50.2 Å². The molecular weight excluding hydrogens is 166 g/mol. The molecule has 1 unspecified atom stereocenters. The summed E-state index contributed by atoms with van der Waals surface area (Å²) in [5.41, 5.74) is 2.15. The van der Waals surface area contributed by atoms with Gasteiger partial charge in [0.05, 0.1) is 5.92 Å². The predicted octanol–water partition coefficient (Wildman–Crippen LogP) is 1.58. The number of pyridine rings is 1. The number of rotatable bonds is 2. The van der Waals surface area contributed by atoms with Crippen LogP contribution in [0.1, 0.15) is 23.5 Å². The maximum atomic E-state index is 10.6. The molecule has 2 rings (SSSR count). The van der Waals surface area contributed by atoms with Crippen molar-refractivity contribution in [3.05, 3.63) is 29.6 Å². The SMILES string of the molecule is Cc1cncc(C2C[C@@H]2C(=O)O)c1. The van der Waals surface area contributed by atoms with E-state index in [9.17, 15) is 4.79 Å². The summed E-state index contributed by atoms with van der Waals surface area (Å²) in [6.45, 7) is 1.97. The van der Waals surface area contributed by atoms with Gasteiger partial charge in [-0.3, -0.25) is 9.78 Å². The van der Waals surface area contributed by atoms with E-state index >= 15 is 0 Å². The van der Waals surface area contributed by atoms with Gasteiger partial charge in [0, 0.05) is 12.4 Å². The number of aryl methyl sites for hydroxylation is 1. The van der Waals surface area contributed by atoms with Crippen LogP contribution in [0.3, 0.4) is 0 Å². The van der Waals surface area contributed by atoms with Crippen molar-refractivity contribution in [1.82, 2.24) is 4.98 Å². The standard InChI is InChI=1S/C10H11NO2/c1-6-2-7(5-11-4-6)8-3-9(8)10(12)13/h2,4-5,8-9H,3H2,1H3,(H,12,13)/t8?,9-/m0/s1. The van der Waals surface area contributed by atoms with Crippen LogP contribution in [-0.4, -0.2) is 16.1 Å². The molecule has 0 radical (unpaired) electrons. The molecule has 2 atom stereocenters. The van der Waals surface area contributed by atoms with E-state index in [-0.39, 0.29) is 11.8 Å². The largest absolute Gasteiger partial charge is 0.481 e. The first-order valence-corrected chi connectivity index (χ1v) is 4.33. The number of carboxylic acid groups (broad SMARTS) is 1. The Bertz CT molecular complexity index is 349. The fraction of sp³-hybridized carbons (Fsp3) is 0.400. The molecule has 0 aliphatic heterocycles. The summed E-state index contributed by atoms with van der Waals surface area (Å²) < 4.78 is 0. The van der Waals surface area contributed by atoms with Gasteiger partial charge in [-0.05, 0) is 30.4 Å². The van der Waals surface area contributed by atoms with Gasteiger partial charge in [-0.15, -0.1) is 0 Å². The van der Waals surface area contributed by atoms with Crippen LogP contribution in [0.15, 0.2) is 18.5 Å². The second-order valence-electron chi connectivity index (χ2n) is 3.58. The lowest BCUT2D eigenvalue weighted by atomic mass is 10.1. The first kappa shape index (κ1) is 8.23. The van der Waals surface area contributed by atoms with E-state index in [1.54, 1.807) is 12.4 Å². The van der Waals surface area contributed by atoms with E-state index in [0.717, 1.165) is 17.5 Å². The first-order valence-electron chi connectivity index (χ1n) is 4.33. The van der Waals surface area contributed by atoms with Crippen molar-refractivity contribution in [2.24, 2.45) is 5.92 Å². The molecule has 0 spiro atoms. The monoisotopic (exact) mass is 177 g/mol. The summed E-state index contributed by atoms with van der Waals surface area (Å²) in [4.78, 5) is 14.7. The summed E-state index contributed by atoms with van der Waals surface area (Å²) in [7, 11) is 0. The molecule has 0 saturated heterocycles. The molecule has 1 N–H and O–H groups in total. The van der Waals surface area contributed by atoms with Gasteiger partial charge in [0.1, 0.15) is 0 Å². The third-order valence-electron chi connectivity index (χ3n) is 2.43. The van der Waals surface area contributed by atoms with E-state index in [2.05, 4.69) is 4.98 Å². The number of carboxylic acids is 1. The molecule has 68 valence electrons. The molecule has 13 heavy (non-hydrogen) atoms. The molecule has 3 heteroatoms. The van der Waals surface area contributed by atoms with Crippen LogP contribution in [0, 0.1) is 12.8 Å². The zero-order valence-corrected chi connectivity index (χ0v) is 7.40. The predicted molar refractivity (Wildman–Crippen MR) is 47.5 cm³/mol. The van der Waals surface area contributed by atoms with Crippen LogP contribution in [0.2, 0.25) is 0 Å². The Balaban J connectivity index is 2.16. The molecule has 1 fully saturated rings. The smallest absolute Gasteiger partial charge is 0.307 e. The highest BCUT2D eigenvalue weighted by Gasteiger charge is 2.44. The van der Waals surface area contributed by atoms with Gasteiger partial charge in [-0.1, -0.05) is 6.07 Å². The van der Waals surface area contributed by atoms with Gasteiger partial charge in [0.2, 0.25) is 0 Å². The van der Waals surface area contributed by atoms with Crippen LogP contribution in [0.25, 0.3) is 0 Å². The van der Waals surface area contributed by atoms with Gasteiger partial charge < -0.3 is 5.11 Å². The number of hydrogen-bond donors (Lipinski definition) is 1. The fourth-order valence-corrected chi connectivity index (χ4v) is 1.62.